The van der Waals surface area contributed by atoms with E-state index in [2.05, 4.69) is 20.3 Å². The van der Waals surface area contributed by atoms with Gasteiger partial charge in [-0.25, -0.2) is 23.0 Å². The molecule has 0 radical (unpaired) electrons. The molecule has 4 rings (SSSR count). The highest BCUT2D eigenvalue weighted by atomic mass is 32.2. The number of amides is 2. The minimum Gasteiger partial charge on any atom is -0.465 e. The number of sulfonamides is 1. The third-order valence-corrected chi connectivity index (χ3v) is 7.54. The van der Waals surface area contributed by atoms with Crippen LogP contribution in [0, 0.1) is 0 Å². The second-order valence-corrected chi connectivity index (χ2v) is 10.9. The molecule has 12 heteroatoms. The molecule has 0 spiro atoms. The van der Waals surface area contributed by atoms with Crippen LogP contribution in [-0.2, 0) is 27.6 Å². The third kappa shape index (κ3) is 4.81. The van der Waals surface area contributed by atoms with Crippen LogP contribution in [-0.4, -0.2) is 38.8 Å². The van der Waals surface area contributed by atoms with Crippen LogP contribution in [0.5, 0.6) is 0 Å². The molecule has 0 saturated heterocycles. The number of thiophene rings is 1. The number of esters is 1. The monoisotopic (exact) mass is 480 g/mol. The van der Waals surface area contributed by atoms with E-state index in [0.717, 1.165) is 53.7 Å². The minimum absolute atomic E-state index is 0.256. The van der Waals surface area contributed by atoms with E-state index in [1.54, 1.807) is 18.2 Å². The summed E-state index contributed by atoms with van der Waals surface area (Å²) in [6.07, 6.45) is 4.81. The van der Waals surface area contributed by atoms with Crippen molar-refractivity contribution >= 4 is 70.7 Å². The summed E-state index contributed by atoms with van der Waals surface area (Å²) in [4.78, 5) is 30.3. The average molecular weight is 481 g/mol. The van der Waals surface area contributed by atoms with Crippen molar-refractivity contribution in [3.63, 3.8) is 0 Å². The molecule has 0 saturated carbocycles. The number of hydrogen-bond donors (Lipinski definition) is 3. The largest absolute Gasteiger partial charge is 0.465 e. The average Bonchev–Trinajstić information content (AvgIpc) is 3.25. The van der Waals surface area contributed by atoms with E-state index < -0.39 is 22.0 Å². The molecule has 2 aromatic heterocycles. The van der Waals surface area contributed by atoms with E-state index in [9.17, 15) is 18.0 Å². The van der Waals surface area contributed by atoms with Crippen molar-refractivity contribution < 1.29 is 22.7 Å². The van der Waals surface area contributed by atoms with Crippen LogP contribution in [0.3, 0.4) is 0 Å². The highest BCUT2D eigenvalue weighted by Gasteiger charge is 2.27. The number of benzene rings is 1. The molecule has 2 amide bonds. The fourth-order valence-corrected chi connectivity index (χ4v) is 6.45. The number of carbonyl (C=O) groups excluding carboxylic acids is 2. The molecule has 0 fully saturated rings. The van der Waals surface area contributed by atoms with Gasteiger partial charge in [-0.05, 0) is 49.4 Å². The number of aryl methyl sites for hydroxylation is 1. The van der Waals surface area contributed by atoms with Gasteiger partial charge in [-0.3, -0.25) is 10.0 Å². The lowest BCUT2D eigenvalue weighted by Crippen LogP contribution is -2.20. The Labute approximate surface area is 186 Å². The molecular weight excluding hydrogens is 460 g/mol. The Balaban J connectivity index is 1.53. The van der Waals surface area contributed by atoms with Crippen molar-refractivity contribution in [2.24, 2.45) is 0 Å². The molecule has 3 N–H and O–H groups in total. The smallest absolute Gasteiger partial charge is 0.341 e. The van der Waals surface area contributed by atoms with Crippen molar-refractivity contribution in [2.75, 3.05) is 28.7 Å². The minimum atomic E-state index is -3.42. The van der Waals surface area contributed by atoms with Crippen molar-refractivity contribution in [3.05, 3.63) is 34.2 Å². The van der Waals surface area contributed by atoms with Gasteiger partial charge in [0.05, 0.1) is 29.1 Å². The summed E-state index contributed by atoms with van der Waals surface area (Å²) in [5.41, 5.74) is 2.53. The second-order valence-electron chi connectivity index (χ2n) is 7.06. The lowest BCUT2D eigenvalue weighted by Gasteiger charge is -2.12. The highest BCUT2D eigenvalue weighted by Crippen LogP contribution is 2.38. The fraction of sp³-hybridized carbons (Fsp3) is 0.316. The Morgan fingerprint density at radius 1 is 1.13 bits per heavy atom. The van der Waals surface area contributed by atoms with E-state index in [0.29, 0.717) is 26.5 Å². The molecule has 0 unspecified atom stereocenters. The van der Waals surface area contributed by atoms with Gasteiger partial charge in [0.2, 0.25) is 10.0 Å². The van der Waals surface area contributed by atoms with Crippen molar-refractivity contribution in [3.8, 4) is 0 Å². The molecule has 9 nitrogen and oxygen atoms in total. The molecule has 0 aliphatic heterocycles. The van der Waals surface area contributed by atoms with E-state index >= 15 is 0 Å². The fourth-order valence-electron chi connectivity index (χ4n) is 3.44. The predicted molar refractivity (Wildman–Crippen MR) is 123 cm³/mol. The number of fused-ring (bicyclic) bond motifs is 2. The van der Waals surface area contributed by atoms with Gasteiger partial charge in [0, 0.05) is 10.6 Å². The highest BCUT2D eigenvalue weighted by molar-refractivity contribution is 7.92. The van der Waals surface area contributed by atoms with Crippen LogP contribution in [0.2, 0.25) is 0 Å². The van der Waals surface area contributed by atoms with Gasteiger partial charge in [0.15, 0.2) is 5.13 Å². The topological polar surface area (TPSA) is 126 Å². The number of urea groups is 1. The Bertz CT molecular complexity index is 1280. The summed E-state index contributed by atoms with van der Waals surface area (Å²) in [5.74, 6) is -0.452. The van der Waals surface area contributed by atoms with Crippen LogP contribution < -0.4 is 15.4 Å². The van der Waals surface area contributed by atoms with Crippen LogP contribution in [0.25, 0.3) is 10.2 Å². The molecule has 164 valence electrons. The maximum atomic E-state index is 12.6. The van der Waals surface area contributed by atoms with Crippen LogP contribution in [0.1, 0.15) is 33.6 Å². The lowest BCUT2D eigenvalue weighted by molar-refractivity contribution is 0.0601. The maximum absolute atomic E-state index is 12.6. The molecule has 1 aliphatic rings. The quantitative estimate of drug-likeness (QED) is 0.473. The zero-order valence-electron chi connectivity index (χ0n) is 16.8. The first-order valence-corrected chi connectivity index (χ1v) is 12.9. The third-order valence-electron chi connectivity index (χ3n) is 4.71. The number of ether oxygens (including phenoxy) is 1. The number of hydrogen-bond acceptors (Lipinski definition) is 8. The Morgan fingerprint density at radius 2 is 1.90 bits per heavy atom. The van der Waals surface area contributed by atoms with Crippen LogP contribution in [0.15, 0.2) is 18.2 Å². The standard InChI is InChI=1S/C19H20N4O5S3/c1-28-17(24)15-11-5-3-4-6-13(11)29-16(15)22-18(25)20-10-7-8-12-14(9-10)30-19(21-12)23-31(2,26)27/h7-9H,3-6H2,1-2H3,(H,21,23)(H2,20,22,25). The van der Waals surface area contributed by atoms with Gasteiger partial charge < -0.3 is 10.1 Å². The summed E-state index contributed by atoms with van der Waals surface area (Å²) in [6, 6.07) is 4.59. The van der Waals surface area contributed by atoms with Gasteiger partial charge in [-0.1, -0.05) is 11.3 Å². The van der Waals surface area contributed by atoms with E-state index in [-0.39, 0.29) is 5.13 Å². The van der Waals surface area contributed by atoms with Gasteiger partial charge in [-0.15, -0.1) is 11.3 Å². The van der Waals surface area contributed by atoms with E-state index in [1.165, 1.54) is 18.4 Å². The van der Waals surface area contributed by atoms with Gasteiger partial charge in [-0.2, -0.15) is 0 Å². The van der Waals surface area contributed by atoms with Crippen molar-refractivity contribution in [2.45, 2.75) is 25.7 Å². The first-order chi connectivity index (χ1) is 14.7. The summed E-state index contributed by atoms with van der Waals surface area (Å²) in [5, 5.41) is 6.27. The number of anilines is 3. The number of rotatable bonds is 5. The molecule has 1 aromatic carbocycles. The molecular formula is C19H20N4O5S3. The summed E-state index contributed by atoms with van der Waals surface area (Å²) < 4.78 is 30.8. The molecule has 2 heterocycles. The SMILES string of the molecule is COC(=O)c1c(NC(=O)Nc2ccc3nc(NS(C)(=O)=O)sc3c2)sc2c1CCCC2. The number of nitrogens with zero attached hydrogens (tertiary/aromatic N) is 1. The normalized spacial score (nSPS) is 13.5. The predicted octanol–water partition coefficient (Wildman–Crippen LogP) is 4.04. The number of nitrogens with one attached hydrogen (secondary N) is 3. The summed E-state index contributed by atoms with van der Waals surface area (Å²) >= 11 is 2.57. The van der Waals surface area contributed by atoms with Gasteiger partial charge in [0.1, 0.15) is 5.00 Å². The van der Waals surface area contributed by atoms with Gasteiger partial charge >= 0.3 is 12.0 Å². The zero-order valence-corrected chi connectivity index (χ0v) is 19.2. The van der Waals surface area contributed by atoms with Crippen molar-refractivity contribution in [1.82, 2.24) is 4.98 Å². The number of carbonyl (C=O) groups is 2. The maximum Gasteiger partial charge on any atom is 0.341 e. The molecule has 3 aromatic rings. The zero-order chi connectivity index (χ0) is 22.2. The summed E-state index contributed by atoms with van der Waals surface area (Å²) in [7, 11) is -2.09. The van der Waals surface area contributed by atoms with Crippen LogP contribution >= 0.6 is 22.7 Å². The molecule has 1 aliphatic carbocycles. The second kappa shape index (κ2) is 8.44. The summed E-state index contributed by atoms with van der Waals surface area (Å²) in [6.45, 7) is 0. The molecule has 0 atom stereocenters. The molecule has 31 heavy (non-hydrogen) atoms. The van der Waals surface area contributed by atoms with E-state index in [4.69, 9.17) is 4.74 Å². The van der Waals surface area contributed by atoms with E-state index in [1.807, 2.05) is 0 Å². The van der Waals surface area contributed by atoms with Crippen molar-refractivity contribution in [1.29, 1.82) is 0 Å². The lowest BCUT2D eigenvalue weighted by atomic mass is 9.95. The Kier molecular flexibility index (Phi) is 5.86. The number of aromatic nitrogens is 1. The Morgan fingerprint density at radius 3 is 2.65 bits per heavy atom. The first kappa shape index (κ1) is 21.5. The number of thiazole rings is 1. The first-order valence-electron chi connectivity index (χ1n) is 9.43. The number of methoxy groups -OCH3 is 1. The Hall–Kier alpha value is -2.70. The molecule has 0 bridgehead atoms. The van der Waals surface area contributed by atoms with Gasteiger partial charge in [0.25, 0.3) is 0 Å². The van der Waals surface area contributed by atoms with Crippen LogP contribution in [0.4, 0.5) is 20.6 Å².